The van der Waals surface area contributed by atoms with Crippen LogP contribution in [0.25, 0.3) is 10.2 Å². The van der Waals surface area contributed by atoms with Gasteiger partial charge in [-0.25, -0.2) is 9.65 Å². The predicted molar refractivity (Wildman–Crippen MR) is 103 cm³/mol. The van der Waals surface area contributed by atoms with Crippen molar-refractivity contribution in [3.05, 3.63) is 54.6 Å². The van der Waals surface area contributed by atoms with Crippen LogP contribution in [0.15, 0.2) is 54.6 Å². The van der Waals surface area contributed by atoms with Gasteiger partial charge in [0.15, 0.2) is 4.75 Å². The standard InChI is InChI=1S/C19H21N2OPS/c22-23(16-10-4-3-5-11-16,21-14-8-1-2-9-15-21)19-20-17-12-6-7-13-18(17)24-19/h3-7,10-13H,1-2,8-9,14-15H2/t23-/m1/s1. The monoisotopic (exact) mass is 356 g/mol. The molecule has 0 bridgehead atoms. The van der Waals surface area contributed by atoms with Crippen molar-refractivity contribution in [3.63, 3.8) is 0 Å². The van der Waals surface area contributed by atoms with Crippen molar-refractivity contribution in [2.75, 3.05) is 13.1 Å². The lowest BCUT2D eigenvalue weighted by atomic mass is 10.2. The third-order valence-corrected chi connectivity index (χ3v) is 9.30. The first kappa shape index (κ1) is 16.0. The summed E-state index contributed by atoms with van der Waals surface area (Å²) in [6.07, 6.45) is 4.68. The van der Waals surface area contributed by atoms with Gasteiger partial charge in [-0.3, -0.25) is 4.57 Å². The van der Waals surface area contributed by atoms with Crippen LogP contribution in [0.4, 0.5) is 0 Å². The smallest absolute Gasteiger partial charge is 0.234 e. The number of thiazole rings is 1. The second-order valence-corrected chi connectivity index (χ2v) is 10.2. The molecular formula is C19H21N2OPS. The Kier molecular flexibility index (Phi) is 4.53. The zero-order valence-corrected chi connectivity index (χ0v) is 15.3. The molecule has 3 nitrogen and oxygen atoms in total. The lowest BCUT2D eigenvalue weighted by Gasteiger charge is -2.29. The fourth-order valence-electron chi connectivity index (χ4n) is 3.35. The van der Waals surface area contributed by atoms with E-state index in [2.05, 4.69) is 10.7 Å². The Labute approximate surface area is 146 Å². The molecule has 0 radical (unpaired) electrons. The summed E-state index contributed by atoms with van der Waals surface area (Å²) in [6, 6.07) is 18.0. The summed E-state index contributed by atoms with van der Waals surface area (Å²) in [6.45, 7) is 1.78. The van der Waals surface area contributed by atoms with Gasteiger partial charge in [0, 0.05) is 18.4 Å². The van der Waals surface area contributed by atoms with Gasteiger partial charge in [0.1, 0.15) is 0 Å². The molecule has 1 aliphatic rings. The van der Waals surface area contributed by atoms with Crippen LogP contribution in [0.2, 0.25) is 0 Å². The molecule has 1 aromatic heterocycles. The van der Waals surface area contributed by atoms with Gasteiger partial charge in [0.2, 0.25) is 7.29 Å². The molecular weight excluding hydrogens is 335 g/mol. The fourth-order valence-corrected chi connectivity index (χ4v) is 7.96. The van der Waals surface area contributed by atoms with Gasteiger partial charge in [0.25, 0.3) is 0 Å². The molecule has 0 unspecified atom stereocenters. The summed E-state index contributed by atoms with van der Waals surface area (Å²) in [7, 11) is -2.86. The van der Waals surface area contributed by atoms with Gasteiger partial charge in [-0.15, -0.1) is 11.3 Å². The minimum absolute atomic E-state index is 0.775. The van der Waals surface area contributed by atoms with E-state index in [0.29, 0.717) is 0 Å². The van der Waals surface area contributed by atoms with Crippen molar-refractivity contribution in [1.82, 2.24) is 9.65 Å². The Bertz CT molecular complexity index is 836. The van der Waals surface area contributed by atoms with Gasteiger partial charge in [-0.05, 0) is 37.1 Å². The SMILES string of the molecule is O=[P@](c1ccccc1)(c1nc2ccccc2s1)N1CCCCCC1. The Balaban J connectivity index is 1.87. The summed E-state index contributed by atoms with van der Waals surface area (Å²) >= 11 is 1.58. The van der Waals surface area contributed by atoms with Crippen LogP contribution < -0.4 is 10.1 Å². The first-order chi connectivity index (χ1) is 11.8. The Morgan fingerprint density at radius 3 is 2.25 bits per heavy atom. The Morgan fingerprint density at radius 2 is 1.54 bits per heavy atom. The zero-order chi connectivity index (χ0) is 16.4. The molecule has 1 fully saturated rings. The molecule has 3 aromatic rings. The normalized spacial score (nSPS) is 19.0. The maximum Gasteiger partial charge on any atom is 0.234 e. The van der Waals surface area contributed by atoms with Crippen LogP contribution in [-0.4, -0.2) is 22.7 Å². The van der Waals surface area contributed by atoms with Crippen LogP contribution in [0.3, 0.4) is 0 Å². The van der Waals surface area contributed by atoms with Crippen molar-refractivity contribution in [2.45, 2.75) is 25.7 Å². The molecule has 124 valence electrons. The Hall–Kier alpha value is -1.48. The third-order valence-electron chi connectivity index (χ3n) is 4.63. The molecule has 0 aliphatic carbocycles. The van der Waals surface area contributed by atoms with E-state index >= 15 is 0 Å². The quantitative estimate of drug-likeness (QED) is 0.652. The lowest BCUT2D eigenvalue weighted by Crippen LogP contribution is -2.33. The Morgan fingerprint density at radius 1 is 0.875 bits per heavy atom. The highest BCUT2D eigenvalue weighted by atomic mass is 32.1. The highest BCUT2D eigenvalue weighted by Gasteiger charge is 2.37. The fraction of sp³-hybridized carbons (Fsp3) is 0.316. The number of rotatable bonds is 3. The number of fused-ring (bicyclic) bond motifs is 1. The van der Waals surface area contributed by atoms with Gasteiger partial charge in [0.05, 0.1) is 10.2 Å². The molecule has 24 heavy (non-hydrogen) atoms. The number of aromatic nitrogens is 1. The van der Waals surface area contributed by atoms with Crippen LogP contribution in [0.1, 0.15) is 25.7 Å². The van der Waals surface area contributed by atoms with E-state index in [-0.39, 0.29) is 0 Å². The summed E-state index contributed by atoms with van der Waals surface area (Å²) in [4.78, 5) is 4.78. The predicted octanol–water partition coefficient (Wildman–Crippen LogP) is 4.40. The first-order valence-corrected chi connectivity index (χ1v) is 11.0. The number of nitrogens with zero attached hydrogens (tertiary/aromatic N) is 2. The summed E-state index contributed by atoms with van der Waals surface area (Å²) in [5.74, 6) is 0. The summed E-state index contributed by atoms with van der Waals surface area (Å²) in [5.41, 5.74) is 0.948. The van der Waals surface area contributed by atoms with Crippen molar-refractivity contribution >= 4 is 38.9 Å². The molecule has 2 heterocycles. The van der Waals surface area contributed by atoms with Crippen molar-refractivity contribution in [3.8, 4) is 0 Å². The lowest BCUT2D eigenvalue weighted by molar-refractivity contribution is 0.435. The van der Waals surface area contributed by atoms with E-state index in [1.54, 1.807) is 11.3 Å². The van der Waals surface area contributed by atoms with Gasteiger partial charge in [-0.1, -0.05) is 43.2 Å². The zero-order valence-electron chi connectivity index (χ0n) is 13.6. The molecule has 1 saturated heterocycles. The average Bonchev–Trinajstić information content (AvgIpc) is 2.88. The number of benzene rings is 2. The van der Waals surface area contributed by atoms with E-state index in [4.69, 9.17) is 4.98 Å². The molecule has 1 atom stereocenters. The van der Waals surface area contributed by atoms with Crippen LogP contribution in [0, 0.1) is 0 Å². The highest BCUT2D eigenvalue weighted by Crippen LogP contribution is 2.49. The minimum Gasteiger partial charge on any atom is -0.294 e. The molecule has 0 amide bonds. The van der Waals surface area contributed by atoms with Gasteiger partial charge >= 0.3 is 0 Å². The highest BCUT2D eigenvalue weighted by molar-refractivity contribution is 7.81. The second kappa shape index (κ2) is 6.79. The van der Waals surface area contributed by atoms with Gasteiger partial charge in [-0.2, -0.15) is 0 Å². The molecule has 0 N–H and O–H groups in total. The summed E-state index contributed by atoms with van der Waals surface area (Å²) < 4.78 is 18.5. The van der Waals surface area contributed by atoms with Crippen LogP contribution in [0.5, 0.6) is 0 Å². The molecule has 5 heteroatoms. The largest absolute Gasteiger partial charge is 0.294 e. The maximum absolute atomic E-state index is 14.4. The van der Waals surface area contributed by atoms with Crippen molar-refractivity contribution < 1.29 is 4.57 Å². The minimum atomic E-state index is -2.86. The maximum atomic E-state index is 14.4. The van der Waals surface area contributed by atoms with Crippen LogP contribution >= 0.6 is 18.6 Å². The molecule has 0 spiro atoms. The van der Waals surface area contributed by atoms with E-state index in [1.807, 2.05) is 48.5 Å². The van der Waals surface area contributed by atoms with Crippen molar-refractivity contribution in [1.29, 1.82) is 0 Å². The van der Waals surface area contributed by atoms with Crippen molar-refractivity contribution in [2.24, 2.45) is 0 Å². The molecule has 2 aromatic carbocycles. The number of hydrogen-bond acceptors (Lipinski definition) is 3. The second-order valence-electron chi connectivity index (χ2n) is 6.24. The average molecular weight is 356 g/mol. The third kappa shape index (κ3) is 2.83. The number of para-hydroxylation sites is 1. The van der Waals surface area contributed by atoms with E-state index in [9.17, 15) is 4.57 Å². The van der Waals surface area contributed by atoms with Crippen LogP contribution in [-0.2, 0) is 4.57 Å². The van der Waals surface area contributed by atoms with E-state index < -0.39 is 7.29 Å². The molecule has 0 saturated carbocycles. The first-order valence-electron chi connectivity index (χ1n) is 8.56. The summed E-state index contributed by atoms with van der Waals surface area (Å²) in [5, 5.41) is 0.908. The molecule has 4 rings (SSSR count). The van der Waals surface area contributed by atoms with E-state index in [0.717, 1.165) is 46.2 Å². The van der Waals surface area contributed by atoms with E-state index in [1.165, 1.54) is 12.8 Å². The van der Waals surface area contributed by atoms with Gasteiger partial charge < -0.3 is 0 Å². The number of hydrogen-bond donors (Lipinski definition) is 0. The topological polar surface area (TPSA) is 33.2 Å². The molecule has 1 aliphatic heterocycles.